The molecule has 0 aromatic rings. The number of hydrogen-bond acceptors (Lipinski definition) is 5. The van der Waals surface area contributed by atoms with E-state index in [1.165, 1.54) is 6.42 Å². The van der Waals surface area contributed by atoms with Gasteiger partial charge in [0.25, 0.3) is 0 Å². The Morgan fingerprint density at radius 3 is 2.81 bits per heavy atom. The van der Waals surface area contributed by atoms with Crippen LogP contribution in [0.3, 0.4) is 0 Å². The fraction of sp³-hybridized carbons (Fsp3) is 0.938. The number of rotatable bonds is 6. The lowest BCUT2D eigenvalue weighted by Gasteiger charge is -2.30. The third kappa shape index (κ3) is 3.76. The van der Waals surface area contributed by atoms with Gasteiger partial charge >= 0.3 is 5.97 Å². The van der Waals surface area contributed by atoms with Crippen molar-refractivity contribution in [3.63, 3.8) is 0 Å². The molecule has 3 atom stereocenters. The summed E-state index contributed by atoms with van der Waals surface area (Å²) < 4.78 is 5.20. The number of carbonyl (C=O) groups is 1. The monoisotopic (exact) mass is 297 g/mol. The van der Waals surface area contributed by atoms with Gasteiger partial charge in [0.05, 0.1) is 6.61 Å². The Labute approximate surface area is 128 Å². The van der Waals surface area contributed by atoms with Gasteiger partial charge in [0, 0.05) is 12.6 Å². The van der Waals surface area contributed by atoms with Gasteiger partial charge in [-0.3, -0.25) is 4.79 Å². The van der Waals surface area contributed by atoms with Crippen molar-refractivity contribution in [2.75, 3.05) is 40.3 Å². The zero-order valence-corrected chi connectivity index (χ0v) is 13.8. The van der Waals surface area contributed by atoms with Gasteiger partial charge in [0.2, 0.25) is 0 Å². The number of likely N-dealkylation sites (tertiary alicyclic amines) is 1. The Balaban J connectivity index is 1.84. The molecule has 1 aliphatic carbocycles. The number of ether oxygens (including phenoxy) is 1. The van der Waals surface area contributed by atoms with Crippen LogP contribution in [0.25, 0.3) is 0 Å². The molecule has 2 fully saturated rings. The van der Waals surface area contributed by atoms with E-state index in [1.807, 2.05) is 6.92 Å². The molecule has 1 saturated heterocycles. The largest absolute Gasteiger partial charge is 0.465 e. The van der Waals surface area contributed by atoms with Gasteiger partial charge in [-0.15, -0.1) is 0 Å². The molecular formula is C16H31N3O2. The van der Waals surface area contributed by atoms with Crippen molar-refractivity contribution in [3.8, 4) is 0 Å². The Morgan fingerprint density at radius 2 is 2.19 bits per heavy atom. The van der Waals surface area contributed by atoms with Crippen molar-refractivity contribution in [1.82, 2.24) is 9.80 Å². The predicted octanol–water partition coefficient (Wildman–Crippen LogP) is 1.07. The summed E-state index contributed by atoms with van der Waals surface area (Å²) >= 11 is 0. The summed E-state index contributed by atoms with van der Waals surface area (Å²) in [5, 5.41) is 0. The first kappa shape index (κ1) is 16.7. The van der Waals surface area contributed by atoms with Crippen molar-refractivity contribution < 1.29 is 9.53 Å². The van der Waals surface area contributed by atoms with Crippen LogP contribution >= 0.6 is 0 Å². The first-order valence-electron chi connectivity index (χ1n) is 8.32. The van der Waals surface area contributed by atoms with Crippen molar-refractivity contribution in [3.05, 3.63) is 0 Å². The molecule has 2 aliphatic rings. The number of esters is 1. The fourth-order valence-corrected chi connectivity index (χ4v) is 3.81. The average molecular weight is 297 g/mol. The second-order valence-corrected chi connectivity index (χ2v) is 6.85. The summed E-state index contributed by atoms with van der Waals surface area (Å²) in [6.07, 6.45) is 5.12. The molecule has 0 radical (unpaired) electrons. The van der Waals surface area contributed by atoms with Crippen molar-refractivity contribution in [2.45, 2.75) is 50.6 Å². The highest BCUT2D eigenvalue weighted by molar-refractivity contribution is 5.81. The van der Waals surface area contributed by atoms with Gasteiger partial charge in [-0.1, -0.05) is 6.42 Å². The lowest BCUT2D eigenvalue weighted by Crippen LogP contribution is -2.52. The van der Waals surface area contributed by atoms with E-state index in [1.54, 1.807) is 0 Å². The highest BCUT2D eigenvalue weighted by atomic mass is 16.5. The fourth-order valence-electron chi connectivity index (χ4n) is 3.81. The van der Waals surface area contributed by atoms with Crippen LogP contribution < -0.4 is 5.73 Å². The molecule has 1 saturated carbocycles. The first-order chi connectivity index (χ1) is 9.97. The molecule has 3 unspecified atom stereocenters. The highest BCUT2D eigenvalue weighted by Gasteiger charge is 2.46. The molecule has 0 bridgehead atoms. The molecular weight excluding hydrogens is 266 g/mol. The minimum absolute atomic E-state index is 0.194. The van der Waals surface area contributed by atoms with Crippen molar-refractivity contribution >= 4 is 5.97 Å². The minimum atomic E-state index is -0.739. The topological polar surface area (TPSA) is 58.8 Å². The van der Waals surface area contributed by atoms with Gasteiger partial charge in [-0.25, -0.2) is 0 Å². The molecule has 0 spiro atoms. The minimum Gasteiger partial charge on any atom is -0.465 e. The van der Waals surface area contributed by atoms with E-state index >= 15 is 0 Å². The number of hydrogen-bond donors (Lipinski definition) is 1. The molecule has 1 heterocycles. The summed E-state index contributed by atoms with van der Waals surface area (Å²) in [4.78, 5) is 17.0. The Kier molecular flexibility index (Phi) is 5.63. The molecule has 5 heteroatoms. The van der Waals surface area contributed by atoms with E-state index in [0.29, 0.717) is 12.6 Å². The van der Waals surface area contributed by atoms with Crippen LogP contribution in [0.5, 0.6) is 0 Å². The molecule has 0 amide bonds. The van der Waals surface area contributed by atoms with Crippen molar-refractivity contribution in [2.24, 2.45) is 11.7 Å². The lowest BCUT2D eigenvalue weighted by atomic mass is 9.85. The Bertz CT molecular complexity index is 361. The molecule has 5 nitrogen and oxygen atoms in total. The van der Waals surface area contributed by atoms with Crippen LogP contribution in [0, 0.1) is 5.92 Å². The summed E-state index contributed by atoms with van der Waals surface area (Å²) in [6.45, 7) is 5.61. The third-order valence-electron chi connectivity index (χ3n) is 5.30. The smallest absolute Gasteiger partial charge is 0.326 e. The maximum absolute atomic E-state index is 12.1. The maximum Gasteiger partial charge on any atom is 0.326 e. The number of nitrogens with two attached hydrogens (primary N) is 1. The van der Waals surface area contributed by atoms with Gasteiger partial charge in [0.15, 0.2) is 0 Å². The molecule has 122 valence electrons. The van der Waals surface area contributed by atoms with Crippen molar-refractivity contribution in [1.29, 1.82) is 0 Å². The number of nitrogens with zero attached hydrogens (tertiary/aromatic N) is 2. The van der Waals surface area contributed by atoms with Crippen LogP contribution in [0.4, 0.5) is 0 Å². The second-order valence-electron chi connectivity index (χ2n) is 6.85. The molecule has 2 N–H and O–H groups in total. The summed E-state index contributed by atoms with van der Waals surface area (Å²) in [6, 6.07) is 0.668. The average Bonchev–Trinajstić information content (AvgIpc) is 3.04. The summed E-state index contributed by atoms with van der Waals surface area (Å²) in [5.41, 5.74) is 5.65. The lowest BCUT2D eigenvalue weighted by molar-refractivity contribution is -0.151. The Morgan fingerprint density at radius 1 is 1.43 bits per heavy atom. The van der Waals surface area contributed by atoms with E-state index in [0.717, 1.165) is 45.3 Å². The van der Waals surface area contributed by atoms with E-state index in [-0.39, 0.29) is 11.9 Å². The molecule has 21 heavy (non-hydrogen) atoms. The van der Waals surface area contributed by atoms with Gasteiger partial charge in [-0.2, -0.15) is 0 Å². The van der Waals surface area contributed by atoms with E-state index in [9.17, 15) is 4.79 Å². The number of likely N-dealkylation sites (N-methyl/N-ethyl adjacent to an activating group) is 1. The van der Waals surface area contributed by atoms with Gasteiger partial charge in [-0.05, 0) is 65.7 Å². The van der Waals surface area contributed by atoms with Crippen LogP contribution in [-0.2, 0) is 9.53 Å². The molecule has 2 rings (SSSR count). The number of carbonyl (C=O) groups excluding carboxylic acids is 1. The molecule has 0 aromatic heterocycles. The third-order valence-corrected chi connectivity index (χ3v) is 5.30. The summed E-state index contributed by atoms with van der Waals surface area (Å²) in [5.74, 6) is 0.0787. The zero-order chi connectivity index (χ0) is 15.5. The first-order valence-corrected chi connectivity index (χ1v) is 8.32. The molecule has 1 aliphatic heterocycles. The van der Waals surface area contributed by atoms with Crippen LogP contribution in [0.1, 0.15) is 39.0 Å². The normalized spacial score (nSPS) is 33.8. The predicted molar refractivity (Wildman–Crippen MR) is 84.0 cm³/mol. The summed E-state index contributed by atoms with van der Waals surface area (Å²) in [7, 11) is 4.30. The van der Waals surface area contributed by atoms with Gasteiger partial charge in [0.1, 0.15) is 5.54 Å². The van der Waals surface area contributed by atoms with Gasteiger partial charge < -0.3 is 20.3 Å². The zero-order valence-electron chi connectivity index (χ0n) is 13.8. The molecule has 0 aromatic carbocycles. The maximum atomic E-state index is 12.1. The SMILES string of the molecule is CCOC(=O)C1(N)CCCC1CCN1CCC(N(C)C)C1. The highest BCUT2D eigenvalue weighted by Crippen LogP contribution is 2.37. The Hall–Kier alpha value is -0.650. The van der Waals surface area contributed by atoms with E-state index < -0.39 is 5.54 Å². The standard InChI is InChI=1S/C16H31N3O2/c1-4-21-15(20)16(17)9-5-6-13(16)7-10-19-11-8-14(12-19)18(2)3/h13-14H,4-12,17H2,1-3H3. The quantitative estimate of drug-likeness (QED) is 0.743. The van der Waals surface area contributed by atoms with Crippen LogP contribution in [-0.4, -0.2) is 67.7 Å². The van der Waals surface area contributed by atoms with Crippen LogP contribution in [0.15, 0.2) is 0 Å². The van der Waals surface area contributed by atoms with Crippen LogP contribution in [0.2, 0.25) is 0 Å². The second kappa shape index (κ2) is 7.07. The van der Waals surface area contributed by atoms with E-state index in [2.05, 4.69) is 23.9 Å². The van der Waals surface area contributed by atoms with E-state index in [4.69, 9.17) is 10.5 Å².